The van der Waals surface area contributed by atoms with Gasteiger partial charge in [0.15, 0.2) is 6.29 Å². The van der Waals surface area contributed by atoms with E-state index < -0.39 is 6.04 Å². The molecule has 3 fully saturated rings. The summed E-state index contributed by atoms with van der Waals surface area (Å²) in [5, 5.41) is 2.41. The van der Waals surface area contributed by atoms with Crippen LogP contribution >= 0.6 is 0 Å². The summed E-state index contributed by atoms with van der Waals surface area (Å²) in [7, 11) is 1.85. The van der Waals surface area contributed by atoms with Crippen molar-refractivity contribution >= 4 is 23.9 Å². The molecule has 8 heteroatoms. The van der Waals surface area contributed by atoms with Gasteiger partial charge < -0.3 is 9.64 Å². The molecule has 2 amide bonds. The number of hydrogen-bond donors (Lipinski definition) is 1. The zero-order valence-electron chi connectivity index (χ0n) is 19.8. The maximum absolute atomic E-state index is 12.3. The van der Waals surface area contributed by atoms with Crippen molar-refractivity contribution in [2.45, 2.75) is 89.0 Å². The highest BCUT2D eigenvalue weighted by Gasteiger charge is 2.34. The van der Waals surface area contributed by atoms with Gasteiger partial charge in [0.2, 0.25) is 11.8 Å². The number of pyridine rings is 1. The maximum atomic E-state index is 12.3. The molecule has 180 valence electrons. The zero-order valence-corrected chi connectivity index (χ0v) is 19.8. The molecule has 1 N–H and O–H groups in total. The Balaban J connectivity index is 1.42. The minimum absolute atomic E-state index is 0.234. The normalized spacial score (nSPS) is 24.1. The number of ether oxygens (including phenoxy) is 1. The summed E-state index contributed by atoms with van der Waals surface area (Å²) in [5.41, 5.74) is 1.19. The van der Waals surface area contributed by atoms with E-state index in [1.54, 1.807) is 0 Å². The lowest BCUT2D eigenvalue weighted by Gasteiger charge is -2.36. The maximum Gasteiger partial charge on any atom is 0.243 e. The Morgan fingerprint density at radius 1 is 1.09 bits per heavy atom. The summed E-state index contributed by atoms with van der Waals surface area (Å²) in [6, 6.07) is 3.06. The number of hydrogen-bond acceptors (Lipinski definition) is 7. The Kier molecular flexibility index (Phi) is 7.75. The number of anilines is 1. The van der Waals surface area contributed by atoms with Crippen LogP contribution in [-0.4, -0.2) is 66.4 Å². The van der Waals surface area contributed by atoms with Crippen LogP contribution in [0.3, 0.4) is 0 Å². The Bertz CT molecular complexity index is 862. The van der Waals surface area contributed by atoms with E-state index in [0.29, 0.717) is 36.3 Å². The van der Waals surface area contributed by atoms with Crippen LogP contribution in [0.1, 0.15) is 86.8 Å². The molecular weight excluding hydrogens is 420 g/mol. The van der Waals surface area contributed by atoms with E-state index in [1.807, 2.05) is 31.0 Å². The van der Waals surface area contributed by atoms with Crippen molar-refractivity contribution in [2.24, 2.45) is 0 Å². The van der Waals surface area contributed by atoms with Gasteiger partial charge in [0.05, 0.1) is 30.0 Å². The number of likely N-dealkylation sites (N-methyl/N-ethyl adjacent to an activating group) is 1. The summed E-state index contributed by atoms with van der Waals surface area (Å²) < 4.78 is 6.37. The van der Waals surface area contributed by atoms with Crippen LogP contribution in [0.4, 0.5) is 5.82 Å². The molecule has 8 nitrogen and oxygen atoms in total. The summed E-state index contributed by atoms with van der Waals surface area (Å²) in [6.45, 7) is 3.70. The van der Waals surface area contributed by atoms with E-state index in [0.717, 1.165) is 38.0 Å². The van der Waals surface area contributed by atoms with Gasteiger partial charge >= 0.3 is 0 Å². The molecule has 1 saturated carbocycles. The molecule has 4 rings (SSSR count). The van der Waals surface area contributed by atoms with Gasteiger partial charge in [-0.25, -0.2) is 4.98 Å². The third-order valence-corrected chi connectivity index (χ3v) is 7.48. The molecule has 3 heterocycles. The Morgan fingerprint density at radius 3 is 2.45 bits per heavy atom. The van der Waals surface area contributed by atoms with E-state index in [-0.39, 0.29) is 17.9 Å². The molecule has 0 bridgehead atoms. The van der Waals surface area contributed by atoms with Gasteiger partial charge in [-0.05, 0) is 58.2 Å². The van der Waals surface area contributed by atoms with E-state index in [1.165, 1.54) is 32.1 Å². The average Bonchev–Trinajstić information content (AvgIpc) is 2.84. The van der Waals surface area contributed by atoms with Crippen molar-refractivity contribution in [3.8, 4) is 0 Å². The van der Waals surface area contributed by atoms with Crippen molar-refractivity contribution in [1.29, 1.82) is 0 Å². The number of aromatic nitrogens is 1. The average molecular weight is 457 g/mol. The molecule has 1 aliphatic carbocycles. The molecule has 0 radical (unpaired) electrons. The Labute approximate surface area is 196 Å². The standard InChI is InChI=1S/C25H36N4O4/c1-17(28(2)21-9-11-23(31)27-25(21)32)24-18(16-30)8-10-22(26-24)29-14-12-20(13-15-29)33-19-6-4-3-5-7-19/h8,10,16-17,19-21H,3-7,9,11-15H2,1-2H3,(H,27,31,32). The Morgan fingerprint density at radius 2 is 1.79 bits per heavy atom. The highest BCUT2D eigenvalue weighted by Crippen LogP contribution is 2.29. The number of aldehydes is 1. The molecule has 0 aromatic carbocycles. The molecule has 1 aromatic heterocycles. The van der Waals surface area contributed by atoms with Crippen molar-refractivity contribution in [2.75, 3.05) is 25.0 Å². The molecular formula is C25H36N4O4. The van der Waals surface area contributed by atoms with E-state index in [4.69, 9.17) is 9.72 Å². The lowest BCUT2D eigenvalue weighted by molar-refractivity contribution is -0.137. The van der Waals surface area contributed by atoms with Crippen molar-refractivity contribution in [3.63, 3.8) is 0 Å². The minimum Gasteiger partial charge on any atom is -0.375 e. The van der Waals surface area contributed by atoms with Crippen LogP contribution < -0.4 is 10.2 Å². The SMILES string of the molecule is CC(c1nc(N2CCC(OC3CCCCC3)CC2)ccc1C=O)N(C)C1CCC(=O)NC1=O. The molecule has 2 saturated heterocycles. The number of amides is 2. The summed E-state index contributed by atoms with van der Waals surface area (Å²) >= 11 is 0. The Hall–Kier alpha value is -2.32. The minimum atomic E-state index is -0.421. The lowest BCUT2D eigenvalue weighted by Crippen LogP contribution is -2.51. The lowest BCUT2D eigenvalue weighted by atomic mass is 9.97. The molecule has 2 aliphatic heterocycles. The fourth-order valence-corrected chi connectivity index (χ4v) is 5.31. The largest absolute Gasteiger partial charge is 0.375 e. The summed E-state index contributed by atoms with van der Waals surface area (Å²) in [6.07, 6.45) is 10.6. The summed E-state index contributed by atoms with van der Waals surface area (Å²) in [4.78, 5) is 44.6. The van der Waals surface area contributed by atoms with E-state index in [9.17, 15) is 14.4 Å². The fourth-order valence-electron chi connectivity index (χ4n) is 5.31. The fraction of sp³-hybridized carbons (Fsp3) is 0.680. The topological polar surface area (TPSA) is 91.8 Å². The van der Waals surface area contributed by atoms with Gasteiger partial charge in [-0.15, -0.1) is 0 Å². The van der Waals surface area contributed by atoms with Crippen LogP contribution in [0.2, 0.25) is 0 Å². The first-order chi connectivity index (χ1) is 16.0. The van der Waals surface area contributed by atoms with Gasteiger partial charge in [-0.1, -0.05) is 19.3 Å². The molecule has 0 spiro atoms. The first kappa shape index (κ1) is 23.8. The van der Waals surface area contributed by atoms with Crippen LogP contribution in [0.15, 0.2) is 12.1 Å². The second kappa shape index (κ2) is 10.7. The number of carbonyl (C=O) groups excluding carboxylic acids is 3. The van der Waals surface area contributed by atoms with Gasteiger partial charge in [-0.3, -0.25) is 24.6 Å². The second-order valence-electron chi connectivity index (χ2n) is 9.65. The van der Waals surface area contributed by atoms with Crippen LogP contribution in [0.5, 0.6) is 0 Å². The first-order valence-electron chi connectivity index (χ1n) is 12.4. The second-order valence-corrected chi connectivity index (χ2v) is 9.65. The molecule has 2 unspecified atom stereocenters. The predicted octanol–water partition coefficient (Wildman–Crippen LogP) is 3.01. The molecule has 1 aromatic rings. The zero-order chi connectivity index (χ0) is 23.4. The summed E-state index contributed by atoms with van der Waals surface area (Å²) in [5.74, 6) is 0.335. The van der Waals surface area contributed by atoms with Crippen LogP contribution in [-0.2, 0) is 14.3 Å². The van der Waals surface area contributed by atoms with Gasteiger partial charge in [-0.2, -0.15) is 0 Å². The first-order valence-corrected chi connectivity index (χ1v) is 12.4. The number of imide groups is 1. The number of piperidine rings is 2. The monoisotopic (exact) mass is 456 g/mol. The van der Waals surface area contributed by atoms with Gasteiger partial charge in [0.25, 0.3) is 0 Å². The van der Waals surface area contributed by atoms with Gasteiger partial charge in [0, 0.05) is 25.1 Å². The number of nitrogens with one attached hydrogen (secondary N) is 1. The van der Waals surface area contributed by atoms with Crippen molar-refractivity contribution < 1.29 is 19.1 Å². The van der Waals surface area contributed by atoms with E-state index in [2.05, 4.69) is 10.2 Å². The number of carbonyl (C=O) groups is 3. The highest BCUT2D eigenvalue weighted by atomic mass is 16.5. The van der Waals surface area contributed by atoms with Crippen LogP contribution in [0.25, 0.3) is 0 Å². The predicted molar refractivity (Wildman–Crippen MR) is 125 cm³/mol. The van der Waals surface area contributed by atoms with E-state index >= 15 is 0 Å². The highest BCUT2D eigenvalue weighted by molar-refractivity contribution is 6.00. The number of rotatable bonds is 7. The van der Waals surface area contributed by atoms with Crippen molar-refractivity contribution in [3.05, 3.63) is 23.4 Å². The smallest absolute Gasteiger partial charge is 0.243 e. The molecule has 33 heavy (non-hydrogen) atoms. The number of nitrogens with zero attached hydrogens (tertiary/aromatic N) is 3. The van der Waals surface area contributed by atoms with Gasteiger partial charge in [0.1, 0.15) is 5.82 Å². The third kappa shape index (κ3) is 5.61. The quantitative estimate of drug-likeness (QED) is 0.498. The third-order valence-electron chi connectivity index (χ3n) is 7.48. The molecule has 2 atom stereocenters. The van der Waals surface area contributed by atoms with Crippen LogP contribution in [0, 0.1) is 0 Å². The van der Waals surface area contributed by atoms with Crippen molar-refractivity contribution in [1.82, 2.24) is 15.2 Å². The molecule has 3 aliphatic rings.